The monoisotopic (exact) mass is 355 g/mol. The van der Waals surface area contributed by atoms with Crippen LogP contribution in [0.3, 0.4) is 0 Å². The number of amidine groups is 1. The maximum absolute atomic E-state index is 14.2. The van der Waals surface area contributed by atoms with E-state index in [1.54, 1.807) is 24.3 Å². The summed E-state index contributed by atoms with van der Waals surface area (Å²) in [5.41, 5.74) is 6.41. The van der Waals surface area contributed by atoms with Crippen molar-refractivity contribution in [1.82, 2.24) is 0 Å². The van der Waals surface area contributed by atoms with E-state index in [1.807, 2.05) is 0 Å². The van der Waals surface area contributed by atoms with Crippen LogP contribution in [0.4, 0.5) is 14.5 Å². The summed E-state index contributed by atoms with van der Waals surface area (Å²) in [5.74, 6) is -1.24. The summed E-state index contributed by atoms with van der Waals surface area (Å²) in [7, 11) is 0. The zero-order valence-electron chi connectivity index (χ0n) is 10.8. The van der Waals surface area contributed by atoms with E-state index >= 15 is 0 Å². The van der Waals surface area contributed by atoms with Crippen molar-refractivity contribution >= 4 is 27.5 Å². The number of nitrogens with one attached hydrogen (secondary N) is 1. The third kappa shape index (κ3) is 3.49. The second-order valence-corrected chi connectivity index (χ2v) is 5.10. The van der Waals surface area contributed by atoms with E-state index in [0.29, 0.717) is 15.7 Å². The Kier molecular flexibility index (Phi) is 4.74. The smallest absolute Gasteiger partial charge is 0.173 e. The summed E-state index contributed by atoms with van der Waals surface area (Å²) < 4.78 is 27.6. The van der Waals surface area contributed by atoms with Crippen molar-refractivity contribution in [3.8, 4) is 0 Å². The number of benzene rings is 2. The molecular weight excluding hydrogens is 344 g/mol. The van der Waals surface area contributed by atoms with E-state index < -0.39 is 5.82 Å². The van der Waals surface area contributed by atoms with Gasteiger partial charge in [0.25, 0.3) is 0 Å². The molecule has 0 unspecified atom stereocenters. The van der Waals surface area contributed by atoms with Crippen LogP contribution in [0.1, 0.15) is 11.1 Å². The number of rotatable bonds is 4. The van der Waals surface area contributed by atoms with Gasteiger partial charge in [0.05, 0.1) is 10.0 Å². The minimum Gasteiger partial charge on any atom is -0.409 e. The van der Waals surface area contributed by atoms with E-state index in [9.17, 15) is 8.78 Å². The van der Waals surface area contributed by atoms with Gasteiger partial charge >= 0.3 is 0 Å². The van der Waals surface area contributed by atoms with Gasteiger partial charge in [0.2, 0.25) is 0 Å². The highest BCUT2D eigenvalue weighted by atomic mass is 79.9. The number of hydrogen-bond donors (Lipinski definition) is 3. The first kappa shape index (κ1) is 15.2. The second kappa shape index (κ2) is 6.53. The summed E-state index contributed by atoms with van der Waals surface area (Å²) in [6, 6.07) is 9.01. The number of nitrogens with zero attached hydrogens (tertiary/aromatic N) is 1. The van der Waals surface area contributed by atoms with Gasteiger partial charge in [-0.3, -0.25) is 0 Å². The number of oxime groups is 1. The molecule has 2 aromatic carbocycles. The number of anilines is 1. The molecule has 110 valence electrons. The third-order valence-electron chi connectivity index (χ3n) is 2.86. The van der Waals surface area contributed by atoms with Crippen molar-refractivity contribution in [1.29, 1.82) is 0 Å². The zero-order valence-corrected chi connectivity index (χ0v) is 12.4. The molecule has 0 aliphatic carbocycles. The largest absolute Gasteiger partial charge is 0.409 e. The molecule has 2 aromatic rings. The first-order chi connectivity index (χ1) is 10.0. The minimum absolute atomic E-state index is 0.0251. The molecule has 0 aliphatic rings. The molecule has 0 amide bonds. The maximum atomic E-state index is 14.2. The third-order valence-corrected chi connectivity index (χ3v) is 3.47. The van der Waals surface area contributed by atoms with E-state index in [1.165, 1.54) is 12.1 Å². The molecule has 0 aromatic heterocycles. The van der Waals surface area contributed by atoms with Crippen molar-refractivity contribution in [2.45, 2.75) is 6.54 Å². The van der Waals surface area contributed by atoms with Crippen LogP contribution in [0.25, 0.3) is 0 Å². The van der Waals surface area contributed by atoms with Crippen LogP contribution in [0, 0.1) is 11.6 Å². The summed E-state index contributed by atoms with van der Waals surface area (Å²) >= 11 is 3.08. The topological polar surface area (TPSA) is 70.6 Å². The van der Waals surface area contributed by atoms with E-state index in [2.05, 4.69) is 26.4 Å². The fraction of sp³-hybridized carbons (Fsp3) is 0.0714. The molecule has 0 spiro atoms. The van der Waals surface area contributed by atoms with Crippen LogP contribution < -0.4 is 11.1 Å². The van der Waals surface area contributed by atoms with Gasteiger partial charge in [0.15, 0.2) is 5.84 Å². The number of hydrogen-bond acceptors (Lipinski definition) is 3. The molecule has 0 radical (unpaired) electrons. The van der Waals surface area contributed by atoms with E-state index in [-0.39, 0.29) is 23.8 Å². The lowest BCUT2D eigenvalue weighted by Gasteiger charge is -2.10. The Morgan fingerprint density at radius 1 is 1.29 bits per heavy atom. The maximum Gasteiger partial charge on any atom is 0.173 e. The molecular formula is C14H12BrF2N3O. The van der Waals surface area contributed by atoms with Crippen LogP contribution in [0.5, 0.6) is 0 Å². The lowest BCUT2D eigenvalue weighted by atomic mass is 10.1. The molecule has 0 saturated heterocycles. The lowest BCUT2D eigenvalue weighted by molar-refractivity contribution is 0.318. The van der Waals surface area contributed by atoms with Gasteiger partial charge in [-0.1, -0.05) is 17.3 Å². The molecule has 4 N–H and O–H groups in total. The Morgan fingerprint density at radius 3 is 2.71 bits per heavy atom. The van der Waals surface area contributed by atoms with Crippen LogP contribution in [-0.2, 0) is 6.54 Å². The van der Waals surface area contributed by atoms with E-state index in [0.717, 1.165) is 0 Å². The SMILES string of the molecule is N/C(=N/O)c1cccc(CNc2ccc(F)c(Br)c2)c1F. The Bertz CT molecular complexity index is 692. The van der Waals surface area contributed by atoms with Crippen molar-refractivity contribution in [3.05, 3.63) is 63.6 Å². The van der Waals surface area contributed by atoms with Crippen molar-refractivity contribution < 1.29 is 14.0 Å². The fourth-order valence-corrected chi connectivity index (χ4v) is 2.15. The molecule has 2 rings (SSSR count). The predicted octanol–water partition coefficient (Wildman–Crippen LogP) is 3.43. The number of halogens is 3. The molecule has 0 atom stereocenters. The highest BCUT2D eigenvalue weighted by Gasteiger charge is 2.11. The molecule has 0 aliphatic heterocycles. The van der Waals surface area contributed by atoms with Gasteiger partial charge in [0.1, 0.15) is 11.6 Å². The summed E-state index contributed by atoms with van der Waals surface area (Å²) in [6.07, 6.45) is 0. The Morgan fingerprint density at radius 2 is 2.05 bits per heavy atom. The van der Waals surface area contributed by atoms with E-state index in [4.69, 9.17) is 10.9 Å². The molecule has 0 bridgehead atoms. The highest BCUT2D eigenvalue weighted by Crippen LogP contribution is 2.21. The average molecular weight is 356 g/mol. The quantitative estimate of drug-likeness (QED) is 0.340. The molecule has 0 heterocycles. The van der Waals surface area contributed by atoms with Crippen molar-refractivity contribution in [2.24, 2.45) is 10.9 Å². The van der Waals surface area contributed by atoms with Crippen molar-refractivity contribution in [3.63, 3.8) is 0 Å². The molecule has 0 saturated carbocycles. The second-order valence-electron chi connectivity index (χ2n) is 4.25. The highest BCUT2D eigenvalue weighted by molar-refractivity contribution is 9.10. The molecule has 4 nitrogen and oxygen atoms in total. The average Bonchev–Trinajstić information content (AvgIpc) is 2.49. The first-order valence-corrected chi connectivity index (χ1v) is 6.76. The lowest BCUT2D eigenvalue weighted by Crippen LogP contribution is -2.16. The van der Waals surface area contributed by atoms with Crippen LogP contribution >= 0.6 is 15.9 Å². The van der Waals surface area contributed by atoms with Gasteiger partial charge < -0.3 is 16.3 Å². The first-order valence-electron chi connectivity index (χ1n) is 5.97. The fourth-order valence-electron chi connectivity index (χ4n) is 1.77. The molecule has 0 fully saturated rings. The molecule has 21 heavy (non-hydrogen) atoms. The van der Waals surface area contributed by atoms with Gasteiger partial charge in [-0.15, -0.1) is 0 Å². The van der Waals surface area contributed by atoms with Crippen LogP contribution in [0.2, 0.25) is 0 Å². The van der Waals surface area contributed by atoms with Crippen LogP contribution in [-0.4, -0.2) is 11.0 Å². The van der Waals surface area contributed by atoms with Gasteiger partial charge in [-0.25, -0.2) is 8.78 Å². The van der Waals surface area contributed by atoms with Gasteiger partial charge in [0, 0.05) is 17.8 Å². The van der Waals surface area contributed by atoms with Gasteiger partial charge in [-0.05, 0) is 40.2 Å². The molecule has 7 heteroatoms. The zero-order chi connectivity index (χ0) is 15.4. The normalized spacial score (nSPS) is 11.5. The van der Waals surface area contributed by atoms with Gasteiger partial charge in [-0.2, -0.15) is 0 Å². The summed E-state index contributed by atoms with van der Waals surface area (Å²) in [6.45, 7) is 0.177. The predicted molar refractivity (Wildman–Crippen MR) is 80.3 cm³/mol. The van der Waals surface area contributed by atoms with Crippen molar-refractivity contribution in [2.75, 3.05) is 5.32 Å². The Labute approximate surface area is 128 Å². The standard InChI is InChI=1S/C14H12BrF2N3O/c15-11-6-9(4-5-12(11)16)19-7-8-2-1-3-10(13(8)17)14(18)20-21/h1-6,19,21H,7H2,(H2,18,20). The number of nitrogens with two attached hydrogens (primary N) is 1. The minimum atomic E-state index is -0.568. The summed E-state index contributed by atoms with van der Waals surface area (Å²) in [4.78, 5) is 0. The Balaban J connectivity index is 2.18. The van der Waals surface area contributed by atoms with Crippen LogP contribution in [0.15, 0.2) is 46.0 Å². The Hall–Kier alpha value is -2.15. The summed E-state index contributed by atoms with van der Waals surface area (Å²) in [5, 5.41) is 14.4.